The van der Waals surface area contributed by atoms with Gasteiger partial charge in [-0.05, 0) is 59.9 Å². The van der Waals surface area contributed by atoms with Crippen molar-refractivity contribution >= 4 is 18.0 Å². The Hall–Kier alpha value is -2.95. The minimum absolute atomic E-state index is 0.0879. The fraction of sp³-hybridized carbons (Fsp3) is 0.158. The zero-order valence-corrected chi connectivity index (χ0v) is 12.8. The molecule has 3 rings (SSSR count). The first-order valence-electron chi connectivity index (χ1n) is 7.63. The number of nitrogens with one attached hydrogen (secondary N) is 1. The van der Waals surface area contributed by atoms with E-state index in [1.165, 1.54) is 24.3 Å². The van der Waals surface area contributed by atoms with Gasteiger partial charge >= 0.3 is 5.97 Å². The maximum absolute atomic E-state index is 12.9. The van der Waals surface area contributed by atoms with Crippen molar-refractivity contribution in [3.05, 3.63) is 76.6 Å². The molecular formula is C19H16FNO3. The zero-order chi connectivity index (χ0) is 17.1. The number of halogens is 1. The number of hydrogen-bond acceptors (Lipinski definition) is 2. The summed E-state index contributed by atoms with van der Waals surface area (Å²) >= 11 is 0. The van der Waals surface area contributed by atoms with Gasteiger partial charge in [0.15, 0.2) is 0 Å². The Labute approximate surface area is 138 Å². The molecule has 0 fully saturated rings. The molecule has 24 heavy (non-hydrogen) atoms. The van der Waals surface area contributed by atoms with Gasteiger partial charge in [0.25, 0.3) is 5.91 Å². The molecule has 0 aromatic heterocycles. The second-order valence-electron chi connectivity index (χ2n) is 5.70. The SMILES string of the molecule is O=C(O)/C=C/c1ccc2c(c1)CCC2NC(=O)c1ccc(F)cc1. The normalized spacial score (nSPS) is 16.1. The fourth-order valence-corrected chi connectivity index (χ4v) is 2.90. The highest BCUT2D eigenvalue weighted by atomic mass is 19.1. The number of carbonyl (C=O) groups is 2. The molecule has 1 aliphatic carbocycles. The van der Waals surface area contributed by atoms with Crippen molar-refractivity contribution in [2.45, 2.75) is 18.9 Å². The van der Waals surface area contributed by atoms with E-state index < -0.39 is 5.97 Å². The molecule has 0 aliphatic heterocycles. The van der Waals surface area contributed by atoms with Crippen LogP contribution < -0.4 is 5.32 Å². The van der Waals surface area contributed by atoms with Crippen molar-refractivity contribution in [2.75, 3.05) is 0 Å². The van der Waals surface area contributed by atoms with Crippen molar-refractivity contribution in [3.8, 4) is 0 Å². The number of amides is 1. The molecule has 1 atom stereocenters. The molecule has 0 bridgehead atoms. The van der Waals surface area contributed by atoms with Gasteiger partial charge in [-0.3, -0.25) is 4.79 Å². The van der Waals surface area contributed by atoms with E-state index in [1.54, 1.807) is 6.08 Å². The molecule has 0 radical (unpaired) electrons. The molecule has 2 aromatic carbocycles. The Bertz CT molecular complexity index is 812. The Morgan fingerprint density at radius 1 is 1.17 bits per heavy atom. The van der Waals surface area contributed by atoms with E-state index in [2.05, 4.69) is 5.32 Å². The van der Waals surface area contributed by atoms with Crippen LogP contribution in [0.15, 0.2) is 48.5 Å². The third-order valence-corrected chi connectivity index (χ3v) is 4.07. The van der Waals surface area contributed by atoms with Gasteiger partial charge in [-0.2, -0.15) is 0 Å². The molecule has 2 N–H and O–H groups in total. The number of benzene rings is 2. The third-order valence-electron chi connectivity index (χ3n) is 4.07. The predicted molar refractivity (Wildman–Crippen MR) is 88.0 cm³/mol. The average molecular weight is 325 g/mol. The first-order valence-corrected chi connectivity index (χ1v) is 7.63. The molecule has 1 amide bonds. The topological polar surface area (TPSA) is 66.4 Å². The summed E-state index contributed by atoms with van der Waals surface area (Å²) in [6, 6.07) is 11.0. The second-order valence-corrected chi connectivity index (χ2v) is 5.70. The smallest absolute Gasteiger partial charge is 0.328 e. The molecule has 4 nitrogen and oxygen atoms in total. The van der Waals surface area contributed by atoms with Gasteiger partial charge in [0.05, 0.1) is 6.04 Å². The van der Waals surface area contributed by atoms with E-state index in [1.807, 2.05) is 18.2 Å². The lowest BCUT2D eigenvalue weighted by Gasteiger charge is -2.14. The molecule has 1 aliphatic rings. The van der Waals surface area contributed by atoms with Crippen LogP contribution in [0.1, 0.15) is 39.5 Å². The molecule has 2 aromatic rings. The van der Waals surface area contributed by atoms with Crippen LogP contribution in [-0.4, -0.2) is 17.0 Å². The molecular weight excluding hydrogens is 309 g/mol. The van der Waals surface area contributed by atoms with Crippen LogP contribution in [0.25, 0.3) is 6.08 Å². The van der Waals surface area contributed by atoms with E-state index in [4.69, 9.17) is 5.11 Å². The van der Waals surface area contributed by atoms with Gasteiger partial charge in [-0.15, -0.1) is 0 Å². The highest BCUT2D eigenvalue weighted by molar-refractivity contribution is 5.94. The van der Waals surface area contributed by atoms with Gasteiger partial charge in [-0.1, -0.05) is 18.2 Å². The number of aliphatic carboxylic acids is 1. The molecule has 122 valence electrons. The standard InChI is InChI=1S/C19H16FNO3/c20-15-6-3-13(4-7-15)19(24)21-17-9-5-14-11-12(1-8-16(14)17)2-10-18(22)23/h1-4,6-8,10-11,17H,5,9H2,(H,21,24)(H,22,23)/b10-2+. The minimum Gasteiger partial charge on any atom is -0.478 e. The average Bonchev–Trinajstić information content (AvgIpc) is 2.95. The minimum atomic E-state index is -0.986. The van der Waals surface area contributed by atoms with Crippen molar-refractivity contribution in [3.63, 3.8) is 0 Å². The first-order chi connectivity index (χ1) is 11.5. The van der Waals surface area contributed by atoms with Gasteiger partial charge < -0.3 is 10.4 Å². The summed E-state index contributed by atoms with van der Waals surface area (Å²) in [5.41, 5.74) is 3.39. The van der Waals surface area contributed by atoms with Crippen molar-refractivity contribution in [1.82, 2.24) is 5.32 Å². The van der Waals surface area contributed by atoms with Gasteiger partial charge in [0.1, 0.15) is 5.82 Å². The summed E-state index contributed by atoms with van der Waals surface area (Å²) < 4.78 is 12.9. The van der Waals surface area contributed by atoms with Crippen molar-refractivity contribution in [2.24, 2.45) is 0 Å². The Morgan fingerprint density at radius 2 is 1.92 bits per heavy atom. The van der Waals surface area contributed by atoms with Crippen LogP contribution >= 0.6 is 0 Å². The Kier molecular flexibility index (Phi) is 4.42. The van der Waals surface area contributed by atoms with E-state index in [9.17, 15) is 14.0 Å². The van der Waals surface area contributed by atoms with Crippen LogP contribution in [0.3, 0.4) is 0 Å². The summed E-state index contributed by atoms with van der Waals surface area (Å²) in [6.45, 7) is 0. The fourth-order valence-electron chi connectivity index (χ4n) is 2.90. The number of fused-ring (bicyclic) bond motifs is 1. The predicted octanol–water partition coefficient (Wildman–Crippen LogP) is 3.34. The highest BCUT2D eigenvalue weighted by Crippen LogP contribution is 2.32. The van der Waals surface area contributed by atoms with Gasteiger partial charge in [0, 0.05) is 11.6 Å². The summed E-state index contributed by atoms with van der Waals surface area (Å²) in [7, 11) is 0. The molecule has 0 spiro atoms. The third kappa shape index (κ3) is 3.51. The van der Waals surface area contributed by atoms with Crippen LogP contribution in [0.4, 0.5) is 4.39 Å². The number of rotatable bonds is 4. The summed E-state index contributed by atoms with van der Waals surface area (Å²) in [5, 5.41) is 11.6. The summed E-state index contributed by atoms with van der Waals surface area (Å²) in [5.74, 6) is -1.60. The number of carboxylic acids is 1. The Morgan fingerprint density at radius 3 is 2.62 bits per heavy atom. The number of carbonyl (C=O) groups excluding carboxylic acids is 1. The first kappa shape index (κ1) is 15.9. The number of aryl methyl sites for hydroxylation is 1. The monoisotopic (exact) mass is 325 g/mol. The van der Waals surface area contributed by atoms with Crippen molar-refractivity contribution < 1.29 is 19.1 Å². The van der Waals surface area contributed by atoms with Crippen LogP contribution in [0.2, 0.25) is 0 Å². The molecule has 0 heterocycles. The summed E-state index contributed by atoms with van der Waals surface area (Å²) in [6.07, 6.45) is 4.25. The molecule has 0 saturated carbocycles. The van der Waals surface area contributed by atoms with Gasteiger partial charge in [0.2, 0.25) is 0 Å². The molecule has 5 heteroatoms. The quantitative estimate of drug-likeness (QED) is 0.847. The maximum atomic E-state index is 12.9. The van der Waals surface area contributed by atoms with Crippen LogP contribution in [0.5, 0.6) is 0 Å². The lowest BCUT2D eigenvalue weighted by Crippen LogP contribution is -2.27. The largest absolute Gasteiger partial charge is 0.478 e. The maximum Gasteiger partial charge on any atom is 0.328 e. The molecule has 0 saturated heterocycles. The highest BCUT2D eigenvalue weighted by Gasteiger charge is 2.24. The van der Waals surface area contributed by atoms with E-state index in [-0.39, 0.29) is 17.8 Å². The van der Waals surface area contributed by atoms with Crippen molar-refractivity contribution in [1.29, 1.82) is 0 Å². The van der Waals surface area contributed by atoms with Crippen LogP contribution in [-0.2, 0) is 11.2 Å². The summed E-state index contributed by atoms with van der Waals surface area (Å²) in [4.78, 5) is 22.8. The van der Waals surface area contributed by atoms with Crippen LogP contribution in [0, 0.1) is 5.82 Å². The van der Waals surface area contributed by atoms with E-state index >= 15 is 0 Å². The number of hydrogen-bond donors (Lipinski definition) is 2. The lowest BCUT2D eigenvalue weighted by molar-refractivity contribution is -0.131. The second kappa shape index (κ2) is 6.66. The zero-order valence-electron chi connectivity index (χ0n) is 12.8. The van der Waals surface area contributed by atoms with Gasteiger partial charge in [-0.25, -0.2) is 9.18 Å². The number of carboxylic acid groups (broad SMARTS) is 1. The molecule has 1 unspecified atom stereocenters. The lowest BCUT2D eigenvalue weighted by atomic mass is 10.0. The van der Waals surface area contributed by atoms with E-state index in [0.29, 0.717) is 5.56 Å². The van der Waals surface area contributed by atoms with E-state index in [0.717, 1.165) is 35.6 Å². The Balaban J connectivity index is 1.73.